The van der Waals surface area contributed by atoms with E-state index in [1.54, 1.807) is 46.0 Å². The van der Waals surface area contributed by atoms with E-state index >= 15 is 0 Å². The van der Waals surface area contributed by atoms with Crippen LogP contribution in [0.1, 0.15) is 40.2 Å². The number of fused-ring (bicyclic) bond motifs is 1. The van der Waals surface area contributed by atoms with E-state index in [2.05, 4.69) is 15.1 Å². The van der Waals surface area contributed by atoms with Crippen molar-refractivity contribution in [2.75, 3.05) is 32.8 Å². The molecular formula is C31H31N7O6. The first kappa shape index (κ1) is 30.1. The third kappa shape index (κ3) is 7.51. The summed E-state index contributed by atoms with van der Waals surface area (Å²) in [4.78, 5) is 40.8. The number of hydrogen-bond acceptors (Lipinski definition) is 8. The maximum Gasteiger partial charge on any atom is 0.410 e. The highest BCUT2D eigenvalue weighted by Crippen LogP contribution is 2.29. The molecule has 0 radical (unpaired) electrons. The zero-order valence-corrected chi connectivity index (χ0v) is 23.9. The van der Waals surface area contributed by atoms with Crippen molar-refractivity contribution in [1.82, 2.24) is 14.7 Å². The number of amides is 2. The van der Waals surface area contributed by atoms with Crippen LogP contribution in [0.25, 0.3) is 27.0 Å². The molecule has 1 atom stereocenters. The number of likely N-dealkylation sites (tertiary alicyclic amines) is 1. The van der Waals surface area contributed by atoms with Gasteiger partial charge >= 0.3 is 12.1 Å². The Balaban J connectivity index is 1.11. The number of esters is 1. The summed E-state index contributed by atoms with van der Waals surface area (Å²) in [5, 5.41) is 8.71. The summed E-state index contributed by atoms with van der Waals surface area (Å²) < 4.78 is 17.6. The van der Waals surface area contributed by atoms with Crippen molar-refractivity contribution in [3.05, 3.63) is 100 Å². The largest absolute Gasteiger partial charge is 0.445 e. The molecule has 1 aliphatic heterocycles. The number of primary amides is 1. The van der Waals surface area contributed by atoms with Crippen LogP contribution < -0.4 is 10.5 Å². The number of ether oxygens (including phenoxy) is 3. The summed E-state index contributed by atoms with van der Waals surface area (Å²) >= 11 is 0. The van der Waals surface area contributed by atoms with Crippen molar-refractivity contribution in [3.63, 3.8) is 0 Å². The lowest BCUT2D eigenvalue weighted by Gasteiger charge is -2.32. The number of carbonyl (C=O) groups is 3. The van der Waals surface area contributed by atoms with Crippen LogP contribution in [0.2, 0.25) is 0 Å². The topological polar surface area (TPSA) is 175 Å². The summed E-state index contributed by atoms with van der Waals surface area (Å²) in [6.45, 7) is 1.25. The van der Waals surface area contributed by atoms with Crippen LogP contribution in [0.5, 0.6) is 5.75 Å². The highest BCUT2D eigenvalue weighted by atomic mass is 16.6. The van der Waals surface area contributed by atoms with Crippen LogP contribution in [0, 0.1) is 0 Å². The van der Waals surface area contributed by atoms with Crippen LogP contribution in [0.4, 0.5) is 4.79 Å². The first-order valence-electron chi connectivity index (χ1n) is 14.1. The van der Waals surface area contributed by atoms with Gasteiger partial charge in [0.25, 0.3) is 5.91 Å². The predicted octanol–water partition coefficient (Wildman–Crippen LogP) is 4.87. The lowest BCUT2D eigenvalue weighted by atomic mass is 9.91. The van der Waals surface area contributed by atoms with Gasteiger partial charge in [-0.3, -0.25) is 4.79 Å². The van der Waals surface area contributed by atoms with E-state index in [0.717, 1.165) is 35.0 Å². The molecule has 5 rings (SSSR count). The fourth-order valence-corrected chi connectivity index (χ4v) is 5.05. The Morgan fingerprint density at radius 1 is 1.07 bits per heavy atom. The summed E-state index contributed by atoms with van der Waals surface area (Å²) in [5.41, 5.74) is 17.4. The molecule has 0 bridgehead atoms. The van der Waals surface area contributed by atoms with Gasteiger partial charge in [0.2, 0.25) is 0 Å². The molecule has 1 aromatic heterocycles. The molecule has 0 saturated carbocycles. The van der Waals surface area contributed by atoms with Crippen molar-refractivity contribution in [2.24, 2.45) is 10.8 Å². The average Bonchev–Trinajstić information content (AvgIpc) is 3.49. The molecule has 2 amide bonds. The Morgan fingerprint density at radius 3 is 2.61 bits per heavy atom. The van der Waals surface area contributed by atoms with E-state index in [1.165, 1.54) is 0 Å². The molecule has 3 aromatic carbocycles. The van der Waals surface area contributed by atoms with Gasteiger partial charge in [0.05, 0.1) is 17.9 Å². The van der Waals surface area contributed by atoms with Gasteiger partial charge in [0, 0.05) is 42.0 Å². The van der Waals surface area contributed by atoms with Gasteiger partial charge in [-0.25, -0.2) is 14.3 Å². The third-order valence-electron chi connectivity index (χ3n) is 7.25. The van der Waals surface area contributed by atoms with Crippen molar-refractivity contribution >= 4 is 28.9 Å². The van der Waals surface area contributed by atoms with Gasteiger partial charge in [-0.2, -0.15) is 5.10 Å². The summed E-state index contributed by atoms with van der Waals surface area (Å²) in [6, 6.07) is 20.0. The van der Waals surface area contributed by atoms with E-state index in [4.69, 9.17) is 25.5 Å². The van der Waals surface area contributed by atoms with E-state index in [0.29, 0.717) is 29.9 Å². The molecule has 1 saturated heterocycles. The first-order valence-corrected chi connectivity index (χ1v) is 14.1. The molecule has 44 heavy (non-hydrogen) atoms. The quantitative estimate of drug-likeness (QED) is 0.0640. The molecule has 0 unspecified atom stereocenters. The molecular weight excluding hydrogens is 566 g/mol. The highest BCUT2D eigenvalue weighted by molar-refractivity contribution is 6.04. The van der Waals surface area contributed by atoms with Crippen LogP contribution in [-0.4, -0.2) is 65.5 Å². The van der Waals surface area contributed by atoms with Crippen LogP contribution in [-0.2, 0) is 20.9 Å². The highest BCUT2D eigenvalue weighted by Gasteiger charge is 2.26. The predicted molar refractivity (Wildman–Crippen MR) is 160 cm³/mol. The zero-order chi connectivity index (χ0) is 30.9. The Kier molecular flexibility index (Phi) is 9.70. The summed E-state index contributed by atoms with van der Waals surface area (Å²) in [7, 11) is 0. The van der Waals surface area contributed by atoms with Crippen molar-refractivity contribution < 1.29 is 28.6 Å². The van der Waals surface area contributed by atoms with Gasteiger partial charge in [-0.1, -0.05) is 41.5 Å². The van der Waals surface area contributed by atoms with Crippen LogP contribution in [0.3, 0.4) is 0 Å². The number of azide groups is 1. The zero-order valence-electron chi connectivity index (χ0n) is 23.9. The lowest BCUT2D eigenvalue weighted by molar-refractivity contribution is -0.139. The molecule has 226 valence electrons. The molecule has 1 aliphatic rings. The van der Waals surface area contributed by atoms with Gasteiger partial charge in [-0.05, 0) is 59.8 Å². The smallest absolute Gasteiger partial charge is 0.410 e. The number of piperidine rings is 1. The SMILES string of the molecule is [N-]=[N+]=NCCOCC(=O)Oc1ccc(COC(=O)N2CCC[C@@H](c3ccc(-n4cc5cccc(C(N)=O)c5n4)cc3)C2)cc1. The molecule has 13 nitrogen and oxygen atoms in total. The summed E-state index contributed by atoms with van der Waals surface area (Å²) in [5.74, 6) is -0.588. The number of nitrogens with two attached hydrogens (primary N) is 1. The maximum atomic E-state index is 12.9. The molecule has 0 spiro atoms. The molecule has 2 N–H and O–H groups in total. The third-order valence-corrected chi connectivity index (χ3v) is 7.25. The second-order valence-corrected chi connectivity index (χ2v) is 10.2. The van der Waals surface area contributed by atoms with Crippen molar-refractivity contribution in [2.45, 2.75) is 25.4 Å². The Labute approximate surface area is 252 Å². The molecule has 2 heterocycles. The minimum absolute atomic E-state index is 0.0845. The monoisotopic (exact) mass is 597 g/mol. The number of nitrogens with zero attached hydrogens (tertiary/aromatic N) is 6. The van der Waals surface area contributed by atoms with E-state index in [1.807, 2.05) is 36.5 Å². The van der Waals surface area contributed by atoms with E-state index < -0.39 is 11.9 Å². The fraction of sp³-hybridized carbons (Fsp3) is 0.290. The maximum absolute atomic E-state index is 12.9. The number of rotatable bonds is 11. The molecule has 4 aromatic rings. The number of carbonyl (C=O) groups excluding carboxylic acids is 3. The van der Waals surface area contributed by atoms with Crippen molar-refractivity contribution in [3.8, 4) is 11.4 Å². The van der Waals surface area contributed by atoms with Crippen molar-refractivity contribution in [1.29, 1.82) is 0 Å². The van der Waals surface area contributed by atoms with Crippen LogP contribution >= 0.6 is 0 Å². The molecule has 0 aliphatic carbocycles. The normalized spacial score (nSPS) is 14.5. The van der Waals surface area contributed by atoms with Crippen LogP contribution in [0.15, 0.2) is 78.0 Å². The second-order valence-electron chi connectivity index (χ2n) is 10.2. The number of hydrogen-bond donors (Lipinski definition) is 1. The fourth-order valence-electron chi connectivity index (χ4n) is 5.05. The van der Waals surface area contributed by atoms with Gasteiger partial charge < -0.3 is 24.8 Å². The Hall–Kier alpha value is -5.39. The average molecular weight is 598 g/mol. The first-order chi connectivity index (χ1) is 21.4. The van der Waals surface area contributed by atoms with Gasteiger partial charge in [0.1, 0.15) is 24.5 Å². The van der Waals surface area contributed by atoms with Gasteiger partial charge in [0.15, 0.2) is 0 Å². The Morgan fingerprint density at radius 2 is 1.86 bits per heavy atom. The molecule has 13 heteroatoms. The minimum atomic E-state index is -0.576. The van der Waals surface area contributed by atoms with E-state index in [9.17, 15) is 14.4 Å². The summed E-state index contributed by atoms with van der Waals surface area (Å²) in [6.07, 6.45) is 3.30. The minimum Gasteiger partial charge on any atom is -0.445 e. The second kappa shape index (κ2) is 14.2. The lowest BCUT2D eigenvalue weighted by Crippen LogP contribution is -2.39. The molecule has 1 fully saturated rings. The number of benzene rings is 3. The number of aromatic nitrogens is 2. The van der Waals surface area contributed by atoms with E-state index in [-0.39, 0.29) is 38.4 Å². The van der Waals surface area contributed by atoms with Gasteiger partial charge in [-0.15, -0.1) is 0 Å². The Bertz CT molecular complexity index is 1680. The standard InChI is InChI=1S/C31H31N7O6/c32-30(40)27-5-1-3-24-18-38(35-29(24)27)25-10-8-22(9-11-25)23-4-2-15-37(17-23)31(41)43-19-21-6-12-26(13-7-21)44-28(39)20-42-16-14-34-36-33/h1,3,5-13,18,23H,2,4,14-17,19-20H2,(H2,32,40)/t23-/m1/s1.